The number of carbonyl (C=O) groups excluding carboxylic acids is 1. The van der Waals surface area contributed by atoms with Crippen LogP contribution in [-0.2, 0) is 26.1 Å². The van der Waals surface area contributed by atoms with Crippen LogP contribution in [0.5, 0.6) is 0 Å². The number of nitrogens with one attached hydrogen (secondary N) is 1. The Bertz CT molecular complexity index is 1480. The molecule has 12 heteroatoms. The number of aromatic carboxylic acids is 1. The molecule has 0 saturated carbocycles. The van der Waals surface area contributed by atoms with Gasteiger partial charge in [0.25, 0.3) is 11.5 Å². The van der Waals surface area contributed by atoms with Gasteiger partial charge in [0, 0.05) is 5.69 Å². The fraction of sp³-hybridized carbons (Fsp3) is 0.154. The van der Waals surface area contributed by atoms with E-state index in [0.717, 1.165) is 10.6 Å². The van der Waals surface area contributed by atoms with Gasteiger partial charge in [-0.05, 0) is 61.0 Å². The van der Waals surface area contributed by atoms with Crippen molar-refractivity contribution in [2.45, 2.75) is 13.5 Å². The summed E-state index contributed by atoms with van der Waals surface area (Å²) in [6, 6.07) is 12.6. The molecule has 2 heterocycles. The Morgan fingerprint density at radius 1 is 1.05 bits per heavy atom. The number of hydrogen-bond donors (Lipinski definition) is 3. The minimum Gasteiger partial charge on any atom is -0.478 e. The number of carboxylic acid groups (broad SMARTS) is 1. The molecule has 0 bridgehead atoms. The van der Waals surface area contributed by atoms with Gasteiger partial charge in [0.2, 0.25) is 0 Å². The first-order valence-electron chi connectivity index (χ1n) is 11.3. The van der Waals surface area contributed by atoms with Crippen LogP contribution < -0.4 is 10.6 Å². The van der Waals surface area contributed by atoms with Crippen LogP contribution in [0.15, 0.2) is 76.2 Å². The van der Waals surface area contributed by atoms with Crippen LogP contribution in [-0.4, -0.2) is 51.4 Å². The summed E-state index contributed by atoms with van der Waals surface area (Å²) in [6.07, 6.45) is 4.67. The molecule has 1 amide bonds. The first-order valence-corrected chi connectivity index (χ1v) is 11.3. The summed E-state index contributed by atoms with van der Waals surface area (Å²) in [4.78, 5) is 51.1. The molecule has 1 aliphatic heterocycles. The van der Waals surface area contributed by atoms with E-state index in [2.05, 4.69) is 20.0 Å². The second-order valence-corrected chi connectivity index (χ2v) is 8.11. The zero-order chi connectivity index (χ0) is 27.2. The molecule has 1 aliphatic rings. The zero-order valence-electron chi connectivity index (χ0n) is 20.5. The number of H-pyrrole nitrogens is 1. The third-order valence-corrected chi connectivity index (χ3v) is 5.70. The van der Waals surface area contributed by atoms with Gasteiger partial charge in [0.05, 0.1) is 35.2 Å². The number of carboxylic acids is 1. The molecule has 1 aromatic heterocycles. The van der Waals surface area contributed by atoms with Crippen LogP contribution in [0, 0.1) is 6.92 Å². The number of hydrazone groups is 1. The molecule has 0 aliphatic carbocycles. The summed E-state index contributed by atoms with van der Waals surface area (Å²) in [7, 11) is 1.33. The van der Waals surface area contributed by atoms with E-state index < -0.39 is 11.9 Å². The highest BCUT2D eigenvalue weighted by Crippen LogP contribution is 2.24. The van der Waals surface area contributed by atoms with Gasteiger partial charge in [0.15, 0.2) is 0 Å². The van der Waals surface area contributed by atoms with E-state index >= 15 is 0 Å². The van der Waals surface area contributed by atoms with Gasteiger partial charge in [-0.25, -0.2) is 24.1 Å². The van der Waals surface area contributed by atoms with Crippen molar-refractivity contribution < 1.29 is 34.6 Å². The Morgan fingerprint density at radius 3 is 2.37 bits per heavy atom. The lowest BCUT2D eigenvalue weighted by Gasteiger charge is -2.11. The summed E-state index contributed by atoms with van der Waals surface area (Å²) in [6.45, 7) is 1.67. The van der Waals surface area contributed by atoms with E-state index in [0.29, 0.717) is 28.3 Å². The molecule has 0 radical (unpaired) electrons. The number of nitrogens with zero attached hydrogens (tertiary/aromatic N) is 3. The molecule has 0 saturated heterocycles. The second kappa shape index (κ2) is 11.6. The maximum atomic E-state index is 13.1. The fourth-order valence-corrected chi connectivity index (χ4v) is 3.76. The number of aromatic amines is 1. The van der Waals surface area contributed by atoms with Crippen molar-refractivity contribution >= 4 is 29.4 Å². The lowest BCUT2D eigenvalue weighted by atomic mass is 10.1. The Kier molecular flexibility index (Phi) is 8.09. The van der Waals surface area contributed by atoms with Gasteiger partial charge in [-0.2, -0.15) is 10.1 Å². The highest BCUT2D eigenvalue weighted by atomic mass is 17.2. The summed E-state index contributed by atoms with van der Waals surface area (Å²) in [5, 5.41) is 26.2. The molecule has 3 aromatic rings. The van der Waals surface area contributed by atoms with E-state index in [9.17, 15) is 14.4 Å². The molecule has 196 valence electrons. The van der Waals surface area contributed by atoms with Crippen LogP contribution in [0.1, 0.15) is 27.2 Å². The quantitative estimate of drug-likeness (QED) is 0.209. The van der Waals surface area contributed by atoms with Gasteiger partial charge in [0.1, 0.15) is 18.9 Å². The van der Waals surface area contributed by atoms with Crippen LogP contribution in [0.2, 0.25) is 0 Å². The van der Waals surface area contributed by atoms with Crippen molar-refractivity contribution in [2.24, 2.45) is 5.10 Å². The Morgan fingerprint density at radius 2 is 1.74 bits per heavy atom. The largest absolute Gasteiger partial charge is 0.478 e. The maximum Gasteiger partial charge on any atom is 0.335 e. The first-order chi connectivity index (χ1) is 18.3. The molecule has 12 nitrogen and oxygen atoms in total. The Balaban J connectivity index is 1.60. The summed E-state index contributed by atoms with van der Waals surface area (Å²) >= 11 is 0. The molecule has 0 unspecified atom stereocenters. The van der Waals surface area contributed by atoms with E-state index in [-0.39, 0.29) is 29.9 Å². The SMILES string of the molecule is COOCC1=NN(c2ccc(C(=O)O)cc2)C(=O)C1=CC=Cc1c(C)[nH]n(-c2ccc(COO)cc2)c1=O. The van der Waals surface area contributed by atoms with Crippen molar-refractivity contribution in [3.8, 4) is 5.69 Å². The van der Waals surface area contributed by atoms with E-state index in [1.165, 1.54) is 42.1 Å². The fourth-order valence-electron chi connectivity index (χ4n) is 3.76. The lowest BCUT2D eigenvalue weighted by molar-refractivity contribution is -0.259. The van der Waals surface area contributed by atoms with Crippen molar-refractivity contribution in [2.75, 3.05) is 18.7 Å². The van der Waals surface area contributed by atoms with Crippen molar-refractivity contribution in [1.82, 2.24) is 9.78 Å². The van der Waals surface area contributed by atoms with Crippen molar-refractivity contribution in [3.05, 3.63) is 99.0 Å². The predicted molar refractivity (Wildman–Crippen MR) is 137 cm³/mol. The molecule has 2 aromatic carbocycles. The Labute approximate surface area is 216 Å². The molecule has 0 spiro atoms. The second-order valence-electron chi connectivity index (χ2n) is 8.11. The minimum absolute atomic E-state index is 0.0338. The third kappa shape index (κ3) is 5.53. The molecule has 4 rings (SSSR count). The highest BCUT2D eigenvalue weighted by Gasteiger charge is 2.31. The number of rotatable bonds is 10. The lowest BCUT2D eigenvalue weighted by Crippen LogP contribution is -2.21. The van der Waals surface area contributed by atoms with Crippen molar-refractivity contribution in [1.29, 1.82) is 0 Å². The number of benzene rings is 2. The number of allylic oxidation sites excluding steroid dienone is 2. The number of aromatic nitrogens is 2. The van der Waals surface area contributed by atoms with Crippen LogP contribution in [0.3, 0.4) is 0 Å². The normalized spacial score (nSPS) is 14.6. The Hall–Kier alpha value is -4.62. The topological polar surface area (TPSA) is 156 Å². The standard InChI is InChI=1S/C26H24N4O8/c1-16-21(24(31)29(27-16)19-10-6-17(7-11-19)14-37-35)4-3-5-22-23(15-38-36-2)28-30(25(22)32)20-12-8-18(9-13-20)26(33)34/h3-13,27,35H,14-15H2,1-2H3,(H,33,34). The number of aryl methyl sites for hydroxylation is 1. The van der Waals surface area contributed by atoms with E-state index in [1.54, 1.807) is 43.3 Å². The van der Waals surface area contributed by atoms with Gasteiger partial charge in [-0.15, -0.1) is 0 Å². The molecular weight excluding hydrogens is 496 g/mol. The highest BCUT2D eigenvalue weighted by molar-refractivity contribution is 6.31. The number of amides is 1. The van der Waals surface area contributed by atoms with Crippen LogP contribution in [0.4, 0.5) is 5.69 Å². The summed E-state index contributed by atoms with van der Waals surface area (Å²) < 4.78 is 1.38. The van der Waals surface area contributed by atoms with Gasteiger partial charge < -0.3 is 5.11 Å². The van der Waals surface area contributed by atoms with Gasteiger partial charge in [-0.3, -0.25) is 19.9 Å². The predicted octanol–water partition coefficient (Wildman–Crippen LogP) is 3.08. The van der Waals surface area contributed by atoms with Crippen LogP contribution in [0.25, 0.3) is 11.8 Å². The molecule has 0 atom stereocenters. The van der Waals surface area contributed by atoms with E-state index in [1.807, 2.05) is 0 Å². The average molecular weight is 520 g/mol. The summed E-state index contributed by atoms with van der Waals surface area (Å²) in [5.74, 6) is -1.54. The number of carbonyl (C=O) groups is 2. The van der Waals surface area contributed by atoms with Gasteiger partial charge >= 0.3 is 5.97 Å². The van der Waals surface area contributed by atoms with E-state index in [4.69, 9.17) is 15.3 Å². The minimum atomic E-state index is -1.08. The molecule has 38 heavy (non-hydrogen) atoms. The van der Waals surface area contributed by atoms with Crippen molar-refractivity contribution in [3.63, 3.8) is 0 Å². The summed E-state index contributed by atoms with van der Waals surface area (Å²) in [5.41, 5.74) is 3.01. The van der Waals surface area contributed by atoms with Gasteiger partial charge in [-0.1, -0.05) is 18.2 Å². The average Bonchev–Trinajstić information content (AvgIpc) is 3.38. The maximum absolute atomic E-state index is 13.1. The molecular formula is C26H24N4O8. The smallest absolute Gasteiger partial charge is 0.335 e. The number of hydrogen-bond acceptors (Lipinski definition) is 8. The first kappa shape index (κ1) is 26.4. The number of anilines is 1. The zero-order valence-corrected chi connectivity index (χ0v) is 20.5. The monoisotopic (exact) mass is 520 g/mol. The molecule has 3 N–H and O–H groups in total. The third-order valence-electron chi connectivity index (χ3n) is 5.70. The van der Waals surface area contributed by atoms with Crippen LogP contribution >= 0.6 is 0 Å². The molecule has 0 fully saturated rings.